The number of carbonyl (C=O) groups excluding carboxylic acids is 3. The summed E-state index contributed by atoms with van der Waals surface area (Å²) in [7, 11) is 3.33. The molecule has 0 spiro atoms. The molecule has 168 valence electrons. The van der Waals surface area contributed by atoms with Crippen LogP contribution in [-0.4, -0.2) is 29.4 Å². The second kappa shape index (κ2) is 10.2. The molecule has 3 aromatic rings. The van der Waals surface area contributed by atoms with Gasteiger partial charge in [-0.05, 0) is 54.4 Å². The van der Waals surface area contributed by atoms with Crippen LogP contribution in [0, 0.1) is 5.92 Å². The van der Waals surface area contributed by atoms with E-state index in [2.05, 4.69) is 16.2 Å². The molecule has 0 saturated heterocycles. The lowest BCUT2D eigenvalue weighted by Crippen LogP contribution is -2.42. The fourth-order valence-corrected chi connectivity index (χ4v) is 3.55. The summed E-state index contributed by atoms with van der Waals surface area (Å²) < 4.78 is 6.80. The van der Waals surface area contributed by atoms with Crippen LogP contribution < -0.4 is 20.9 Å². The van der Waals surface area contributed by atoms with Gasteiger partial charge in [0.25, 0.3) is 5.91 Å². The van der Waals surface area contributed by atoms with Crippen LogP contribution in [0.1, 0.15) is 30.3 Å². The van der Waals surface area contributed by atoms with Crippen molar-refractivity contribution >= 4 is 45.9 Å². The maximum absolute atomic E-state index is 12.5. The molecule has 32 heavy (non-hydrogen) atoms. The number of nitrogens with zero attached hydrogens (tertiary/aromatic N) is 1. The van der Waals surface area contributed by atoms with Gasteiger partial charge in [0.15, 0.2) is 0 Å². The Kier molecular flexibility index (Phi) is 7.37. The van der Waals surface area contributed by atoms with E-state index in [1.165, 1.54) is 0 Å². The Balaban J connectivity index is 1.47. The third kappa shape index (κ3) is 5.79. The van der Waals surface area contributed by atoms with Gasteiger partial charge in [0, 0.05) is 41.5 Å². The van der Waals surface area contributed by atoms with E-state index < -0.39 is 5.91 Å². The number of carbonyl (C=O) groups is 3. The number of rotatable bonds is 7. The Bertz CT molecular complexity index is 1140. The molecule has 1 aromatic heterocycles. The van der Waals surface area contributed by atoms with Gasteiger partial charge in [0.2, 0.25) is 11.8 Å². The predicted octanol–water partition coefficient (Wildman–Crippen LogP) is 3.66. The number of methoxy groups -OCH3 is 1. The zero-order valence-electron chi connectivity index (χ0n) is 18.1. The highest BCUT2D eigenvalue weighted by molar-refractivity contribution is 6.31. The molecule has 8 nitrogen and oxygen atoms in total. The summed E-state index contributed by atoms with van der Waals surface area (Å²) in [6, 6.07) is 14.0. The summed E-state index contributed by atoms with van der Waals surface area (Å²) in [6.07, 6.45) is 0.248. The Morgan fingerprint density at radius 1 is 1.00 bits per heavy atom. The number of fused-ring (bicyclic) bond motifs is 1. The van der Waals surface area contributed by atoms with E-state index in [-0.39, 0.29) is 30.6 Å². The Morgan fingerprint density at radius 3 is 2.38 bits per heavy atom. The lowest BCUT2D eigenvalue weighted by molar-refractivity contribution is -0.123. The van der Waals surface area contributed by atoms with Gasteiger partial charge < -0.3 is 14.6 Å². The van der Waals surface area contributed by atoms with Crippen molar-refractivity contribution in [3.05, 3.63) is 59.2 Å². The molecule has 9 heteroatoms. The van der Waals surface area contributed by atoms with Crippen molar-refractivity contribution in [1.82, 2.24) is 15.4 Å². The largest absolute Gasteiger partial charge is 0.497 e. The molecule has 0 aliphatic carbocycles. The number of ether oxygens (including phenoxy) is 1. The number of amides is 3. The highest BCUT2D eigenvalue weighted by atomic mass is 35.5. The number of aromatic nitrogens is 1. The van der Waals surface area contributed by atoms with Gasteiger partial charge in [-0.2, -0.15) is 0 Å². The standard InChI is InChI=1S/C23H25ClN4O4/c1-14(10-21(29)25-17-5-7-18(32-3)8-6-17)11-22(30)26-27-23(31)20-13-15-12-16(24)4-9-19(15)28(20)2/h4-9,12-14H,10-11H2,1-3H3,(H,25,29)(H,26,30)(H,27,31)/t14-/m1/s1. The number of aryl methyl sites for hydroxylation is 1. The lowest BCUT2D eigenvalue weighted by Gasteiger charge is -2.13. The second-order valence-electron chi connectivity index (χ2n) is 7.58. The Hall–Kier alpha value is -3.52. The fourth-order valence-electron chi connectivity index (χ4n) is 3.37. The minimum Gasteiger partial charge on any atom is -0.497 e. The van der Waals surface area contributed by atoms with Crippen molar-refractivity contribution in [1.29, 1.82) is 0 Å². The van der Waals surface area contributed by atoms with E-state index in [1.54, 1.807) is 68.1 Å². The molecule has 0 bridgehead atoms. The molecule has 1 heterocycles. The SMILES string of the molecule is COc1ccc(NC(=O)C[C@@H](C)CC(=O)NNC(=O)c2cc3cc(Cl)ccc3n2C)cc1. The number of hydrogen-bond donors (Lipinski definition) is 3. The Morgan fingerprint density at radius 2 is 1.69 bits per heavy atom. The van der Waals surface area contributed by atoms with Crippen LogP contribution in [0.25, 0.3) is 10.9 Å². The smallest absolute Gasteiger partial charge is 0.286 e. The van der Waals surface area contributed by atoms with Gasteiger partial charge >= 0.3 is 0 Å². The summed E-state index contributed by atoms with van der Waals surface area (Å²) in [5, 5.41) is 4.19. The third-order valence-electron chi connectivity index (χ3n) is 4.99. The van der Waals surface area contributed by atoms with Crippen molar-refractivity contribution in [2.75, 3.05) is 12.4 Å². The molecule has 3 N–H and O–H groups in total. The number of nitrogens with one attached hydrogen (secondary N) is 3. The molecule has 3 rings (SSSR count). The number of anilines is 1. The average Bonchev–Trinajstić information content (AvgIpc) is 3.08. The molecule has 3 amide bonds. The topological polar surface area (TPSA) is 101 Å². The second-order valence-corrected chi connectivity index (χ2v) is 8.02. The van der Waals surface area contributed by atoms with Crippen molar-refractivity contribution in [3.63, 3.8) is 0 Å². The maximum atomic E-state index is 12.5. The normalized spacial score (nSPS) is 11.6. The molecule has 1 atom stereocenters. The molecule has 0 fully saturated rings. The van der Waals surface area contributed by atoms with E-state index in [0.717, 1.165) is 10.9 Å². The van der Waals surface area contributed by atoms with E-state index in [1.807, 2.05) is 6.07 Å². The van der Waals surface area contributed by atoms with E-state index in [0.29, 0.717) is 22.2 Å². The van der Waals surface area contributed by atoms with Crippen LogP contribution >= 0.6 is 11.6 Å². The zero-order valence-corrected chi connectivity index (χ0v) is 18.8. The van der Waals surface area contributed by atoms with Crippen LogP contribution in [0.4, 0.5) is 5.69 Å². The van der Waals surface area contributed by atoms with Crippen molar-refractivity contribution in [2.45, 2.75) is 19.8 Å². The first-order valence-corrected chi connectivity index (χ1v) is 10.4. The third-order valence-corrected chi connectivity index (χ3v) is 5.23. The van der Waals surface area contributed by atoms with Gasteiger partial charge in [0.1, 0.15) is 11.4 Å². The van der Waals surface area contributed by atoms with E-state index in [9.17, 15) is 14.4 Å². The van der Waals surface area contributed by atoms with Gasteiger partial charge in [-0.15, -0.1) is 0 Å². The van der Waals surface area contributed by atoms with Gasteiger partial charge in [-0.1, -0.05) is 18.5 Å². The van der Waals surface area contributed by atoms with E-state index in [4.69, 9.17) is 16.3 Å². The fraction of sp³-hybridized carbons (Fsp3) is 0.261. The van der Waals surface area contributed by atoms with Crippen LogP contribution in [0.2, 0.25) is 5.02 Å². The summed E-state index contributed by atoms with van der Waals surface area (Å²) in [4.78, 5) is 36.9. The number of halogens is 1. The summed E-state index contributed by atoms with van der Waals surface area (Å²) in [5.41, 5.74) is 6.71. The number of benzene rings is 2. The first kappa shape index (κ1) is 23.1. The van der Waals surface area contributed by atoms with Crippen molar-refractivity contribution < 1.29 is 19.1 Å². The highest BCUT2D eigenvalue weighted by Gasteiger charge is 2.17. The van der Waals surface area contributed by atoms with Crippen molar-refractivity contribution in [3.8, 4) is 5.75 Å². The molecule has 0 radical (unpaired) electrons. The molecule has 0 aliphatic heterocycles. The molecule has 0 saturated carbocycles. The molecule has 2 aromatic carbocycles. The summed E-state index contributed by atoms with van der Waals surface area (Å²) >= 11 is 6.00. The highest BCUT2D eigenvalue weighted by Crippen LogP contribution is 2.22. The van der Waals surface area contributed by atoms with Crippen molar-refractivity contribution in [2.24, 2.45) is 13.0 Å². The van der Waals surface area contributed by atoms with Crippen LogP contribution in [0.15, 0.2) is 48.5 Å². The molecular formula is C23H25ClN4O4. The first-order valence-electron chi connectivity index (χ1n) is 10.0. The summed E-state index contributed by atoms with van der Waals surface area (Å²) in [5.74, 6) is -0.552. The Labute approximate surface area is 190 Å². The number of hydrogen-bond acceptors (Lipinski definition) is 4. The minimum absolute atomic E-state index is 0.0844. The van der Waals surface area contributed by atoms with Crippen LogP contribution in [-0.2, 0) is 16.6 Å². The average molecular weight is 457 g/mol. The number of hydrazine groups is 1. The summed E-state index contributed by atoms with van der Waals surface area (Å²) in [6.45, 7) is 1.79. The van der Waals surface area contributed by atoms with Gasteiger partial charge in [0.05, 0.1) is 7.11 Å². The van der Waals surface area contributed by atoms with E-state index >= 15 is 0 Å². The first-order chi connectivity index (χ1) is 15.3. The quantitative estimate of drug-likeness (QED) is 0.472. The molecule has 0 aliphatic rings. The molecular weight excluding hydrogens is 432 g/mol. The molecule has 0 unspecified atom stereocenters. The van der Waals surface area contributed by atoms with Crippen LogP contribution in [0.3, 0.4) is 0 Å². The predicted molar refractivity (Wildman–Crippen MR) is 124 cm³/mol. The maximum Gasteiger partial charge on any atom is 0.286 e. The van der Waals surface area contributed by atoms with Gasteiger partial charge in [-0.25, -0.2) is 0 Å². The van der Waals surface area contributed by atoms with Crippen LogP contribution in [0.5, 0.6) is 5.75 Å². The lowest BCUT2D eigenvalue weighted by atomic mass is 10.0. The monoisotopic (exact) mass is 456 g/mol. The minimum atomic E-state index is -0.446. The zero-order chi connectivity index (χ0) is 23.3. The van der Waals surface area contributed by atoms with Gasteiger partial charge in [-0.3, -0.25) is 25.2 Å².